The van der Waals surface area contributed by atoms with E-state index in [9.17, 15) is 37.3 Å². The first-order valence-corrected chi connectivity index (χ1v) is 8.67. The van der Waals surface area contributed by atoms with Gasteiger partial charge in [-0.1, -0.05) is 12.1 Å². The molecular formula is C20H13F4N3O4. The number of carbonyl (C=O) groups is 1. The molecule has 0 saturated heterocycles. The van der Waals surface area contributed by atoms with Crippen LogP contribution in [-0.2, 0) is 12.7 Å². The molecule has 0 bridgehead atoms. The number of aromatic nitrogens is 1. The number of nitrogens with one attached hydrogen (secondary N) is 1. The third-order valence-corrected chi connectivity index (χ3v) is 4.27. The summed E-state index contributed by atoms with van der Waals surface area (Å²) in [4.78, 5) is 34.9. The molecule has 11 heteroatoms. The molecule has 3 rings (SSSR count). The van der Waals surface area contributed by atoms with Crippen molar-refractivity contribution >= 4 is 17.3 Å². The summed E-state index contributed by atoms with van der Waals surface area (Å²) in [5.74, 6) is -2.00. The molecule has 31 heavy (non-hydrogen) atoms. The number of hydrogen-bond acceptors (Lipinski definition) is 4. The number of amides is 1. The number of hydrogen-bond donors (Lipinski definition) is 1. The van der Waals surface area contributed by atoms with Gasteiger partial charge in [-0.25, -0.2) is 0 Å². The summed E-state index contributed by atoms with van der Waals surface area (Å²) in [5, 5.41) is 13.1. The van der Waals surface area contributed by atoms with Crippen LogP contribution in [0.4, 0.5) is 28.9 Å². The van der Waals surface area contributed by atoms with Crippen LogP contribution in [0.25, 0.3) is 0 Å². The number of anilines is 1. The number of nitro benzene ring substituents is 1. The zero-order chi connectivity index (χ0) is 22.8. The molecule has 160 valence electrons. The van der Waals surface area contributed by atoms with Crippen molar-refractivity contribution in [3.8, 4) is 0 Å². The lowest BCUT2D eigenvalue weighted by Gasteiger charge is -2.11. The summed E-state index contributed by atoms with van der Waals surface area (Å²) in [7, 11) is 0. The number of nitrogens with zero attached hydrogens (tertiary/aromatic N) is 2. The monoisotopic (exact) mass is 435 g/mol. The molecule has 2 aromatic carbocycles. The highest BCUT2D eigenvalue weighted by Gasteiger charge is 2.30. The molecule has 0 unspecified atom stereocenters. The van der Waals surface area contributed by atoms with Gasteiger partial charge in [-0.3, -0.25) is 19.7 Å². The van der Waals surface area contributed by atoms with Gasteiger partial charge in [0.05, 0.1) is 17.0 Å². The molecule has 0 aliphatic carbocycles. The van der Waals surface area contributed by atoms with Gasteiger partial charge in [0.2, 0.25) is 5.82 Å². The predicted molar refractivity (Wildman–Crippen MR) is 102 cm³/mol. The number of pyridine rings is 1. The zero-order valence-electron chi connectivity index (χ0n) is 15.5. The SMILES string of the molecule is O=C(Nc1ccc(F)c([N+](=O)[O-])c1)c1cccn(Cc2cccc(C(F)(F)F)c2)c1=O. The normalized spacial score (nSPS) is 11.2. The highest BCUT2D eigenvalue weighted by Crippen LogP contribution is 2.29. The van der Waals surface area contributed by atoms with Gasteiger partial charge in [0.1, 0.15) is 5.56 Å². The largest absolute Gasteiger partial charge is 0.416 e. The molecule has 0 saturated carbocycles. The van der Waals surface area contributed by atoms with Gasteiger partial charge in [0.25, 0.3) is 11.5 Å². The summed E-state index contributed by atoms with van der Waals surface area (Å²) in [6.45, 7) is -0.216. The third-order valence-electron chi connectivity index (χ3n) is 4.27. The molecule has 1 N–H and O–H groups in total. The maximum Gasteiger partial charge on any atom is 0.416 e. The number of alkyl halides is 3. The van der Waals surface area contributed by atoms with Crippen LogP contribution in [-0.4, -0.2) is 15.4 Å². The minimum atomic E-state index is -4.54. The Balaban J connectivity index is 1.86. The van der Waals surface area contributed by atoms with Crippen molar-refractivity contribution in [2.75, 3.05) is 5.32 Å². The fraction of sp³-hybridized carbons (Fsp3) is 0.100. The second-order valence-electron chi connectivity index (χ2n) is 6.43. The van der Waals surface area contributed by atoms with Gasteiger partial charge in [-0.05, 0) is 42.0 Å². The first kappa shape index (κ1) is 21.7. The Morgan fingerprint density at radius 2 is 1.84 bits per heavy atom. The van der Waals surface area contributed by atoms with Crippen molar-refractivity contribution in [3.05, 3.63) is 104 Å². The molecule has 7 nitrogen and oxygen atoms in total. The minimum absolute atomic E-state index is 0.106. The molecule has 3 aromatic rings. The van der Waals surface area contributed by atoms with E-state index in [0.717, 1.165) is 34.9 Å². The summed E-state index contributed by atoms with van der Waals surface area (Å²) in [6.07, 6.45) is -3.23. The minimum Gasteiger partial charge on any atom is -0.322 e. The summed E-state index contributed by atoms with van der Waals surface area (Å²) in [6, 6.07) is 9.66. The predicted octanol–water partition coefficient (Wildman–Crippen LogP) is 4.22. The second-order valence-corrected chi connectivity index (χ2v) is 6.43. The Kier molecular flexibility index (Phi) is 5.86. The molecule has 1 heterocycles. The van der Waals surface area contributed by atoms with Crippen molar-refractivity contribution in [3.63, 3.8) is 0 Å². The first-order chi connectivity index (χ1) is 14.6. The number of carbonyl (C=O) groups excluding carboxylic acids is 1. The average Bonchev–Trinajstić information content (AvgIpc) is 2.70. The number of benzene rings is 2. The smallest absolute Gasteiger partial charge is 0.322 e. The highest BCUT2D eigenvalue weighted by atomic mass is 19.4. The Morgan fingerprint density at radius 1 is 1.10 bits per heavy atom. The number of nitro groups is 1. The maximum atomic E-state index is 13.4. The quantitative estimate of drug-likeness (QED) is 0.369. The van der Waals surface area contributed by atoms with Crippen LogP contribution in [0, 0.1) is 15.9 Å². The van der Waals surface area contributed by atoms with E-state index in [2.05, 4.69) is 5.32 Å². The zero-order valence-corrected chi connectivity index (χ0v) is 15.5. The van der Waals surface area contributed by atoms with Gasteiger partial charge in [0, 0.05) is 18.0 Å². The fourth-order valence-electron chi connectivity index (χ4n) is 2.81. The van der Waals surface area contributed by atoms with Crippen LogP contribution in [0.1, 0.15) is 21.5 Å². The van der Waals surface area contributed by atoms with Crippen LogP contribution < -0.4 is 10.9 Å². The topological polar surface area (TPSA) is 94.2 Å². The van der Waals surface area contributed by atoms with E-state index in [0.29, 0.717) is 0 Å². The average molecular weight is 435 g/mol. The Bertz CT molecular complexity index is 1220. The van der Waals surface area contributed by atoms with E-state index in [1.807, 2.05) is 0 Å². The van der Waals surface area contributed by atoms with E-state index in [4.69, 9.17) is 0 Å². The van der Waals surface area contributed by atoms with Gasteiger partial charge in [0.15, 0.2) is 0 Å². The van der Waals surface area contributed by atoms with Crippen LogP contribution in [0.2, 0.25) is 0 Å². The lowest BCUT2D eigenvalue weighted by molar-refractivity contribution is -0.387. The Labute approximate surface area is 171 Å². The van der Waals surface area contributed by atoms with E-state index < -0.39 is 39.6 Å². The van der Waals surface area contributed by atoms with Gasteiger partial charge < -0.3 is 9.88 Å². The molecule has 1 amide bonds. The number of rotatable bonds is 5. The van der Waals surface area contributed by atoms with Crippen molar-refractivity contribution in [1.82, 2.24) is 4.57 Å². The van der Waals surface area contributed by atoms with Crippen LogP contribution >= 0.6 is 0 Å². The van der Waals surface area contributed by atoms with Gasteiger partial charge in [-0.2, -0.15) is 17.6 Å². The lowest BCUT2D eigenvalue weighted by atomic mass is 10.1. The van der Waals surface area contributed by atoms with Crippen molar-refractivity contribution in [2.24, 2.45) is 0 Å². The molecule has 0 atom stereocenters. The highest BCUT2D eigenvalue weighted by molar-refractivity contribution is 6.04. The molecule has 0 aliphatic rings. The van der Waals surface area contributed by atoms with Crippen LogP contribution in [0.15, 0.2) is 65.6 Å². The fourth-order valence-corrected chi connectivity index (χ4v) is 2.81. The van der Waals surface area contributed by atoms with Gasteiger partial charge in [-0.15, -0.1) is 0 Å². The Hall–Kier alpha value is -4.02. The molecule has 0 radical (unpaired) electrons. The van der Waals surface area contributed by atoms with Crippen molar-refractivity contribution in [2.45, 2.75) is 12.7 Å². The molecule has 0 fully saturated rings. The standard InChI is InChI=1S/C20H13F4N3O4/c21-16-7-6-14(10-17(16)27(30)31)25-18(28)15-5-2-8-26(19(15)29)11-12-3-1-4-13(9-12)20(22,23)24/h1-10H,11H2,(H,25,28). The molecule has 1 aromatic heterocycles. The lowest BCUT2D eigenvalue weighted by Crippen LogP contribution is -2.29. The maximum absolute atomic E-state index is 13.4. The summed E-state index contributed by atoms with van der Waals surface area (Å²) in [5.41, 5.74) is -2.76. The third kappa shape index (κ3) is 4.94. The first-order valence-electron chi connectivity index (χ1n) is 8.67. The van der Waals surface area contributed by atoms with E-state index >= 15 is 0 Å². The molecule has 0 spiro atoms. The van der Waals surface area contributed by atoms with E-state index in [1.165, 1.54) is 30.5 Å². The van der Waals surface area contributed by atoms with Crippen LogP contribution in [0.3, 0.4) is 0 Å². The van der Waals surface area contributed by atoms with Crippen molar-refractivity contribution < 1.29 is 27.3 Å². The van der Waals surface area contributed by atoms with Crippen molar-refractivity contribution in [1.29, 1.82) is 0 Å². The molecular weight excluding hydrogens is 422 g/mol. The van der Waals surface area contributed by atoms with E-state index in [-0.39, 0.29) is 23.4 Å². The number of halogens is 4. The Morgan fingerprint density at radius 3 is 2.52 bits per heavy atom. The summed E-state index contributed by atoms with van der Waals surface area (Å²) >= 11 is 0. The summed E-state index contributed by atoms with van der Waals surface area (Å²) < 4.78 is 53.1. The second kappa shape index (κ2) is 8.38. The van der Waals surface area contributed by atoms with E-state index in [1.54, 1.807) is 0 Å². The van der Waals surface area contributed by atoms with Gasteiger partial charge >= 0.3 is 11.9 Å². The van der Waals surface area contributed by atoms with Crippen LogP contribution in [0.5, 0.6) is 0 Å². The molecule has 0 aliphatic heterocycles.